The molecule has 0 saturated carbocycles. The molecule has 0 aromatic rings. The van der Waals surface area contributed by atoms with Gasteiger partial charge in [-0.2, -0.15) is 0 Å². The Morgan fingerprint density at radius 1 is 0.579 bits per heavy atom. The van der Waals surface area contributed by atoms with Crippen LogP contribution in [0.3, 0.4) is 0 Å². The first-order valence-corrected chi connectivity index (χ1v) is 15.6. The summed E-state index contributed by atoms with van der Waals surface area (Å²) in [7, 11) is 0. The van der Waals surface area contributed by atoms with Gasteiger partial charge in [-0.25, -0.2) is 0 Å². The topological polar surface area (TPSA) is 107 Å². The second-order valence-corrected chi connectivity index (χ2v) is 13.8. The molecule has 0 aliphatic rings. The van der Waals surface area contributed by atoms with Crippen molar-refractivity contribution in [3.05, 3.63) is 0 Å². The summed E-state index contributed by atoms with van der Waals surface area (Å²) in [5.74, 6) is -1.63. The fourth-order valence-electron chi connectivity index (χ4n) is 2.25. The van der Waals surface area contributed by atoms with Gasteiger partial charge in [0, 0.05) is 0 Å². The summed E-state index contributed by atoms with van der Waals surface area (Å²) in [6.07, 6.45) is 0. The second-order valence-electron chi connectivity index (χ2n) is 7.96. The van der Waals surface area contributed by atoms with E-state index in [4.69, 9.17) is 65.1 Å². The Kier molecular flexibility index (Phi) is 19.6. The van der Waals surface area contributed by atoms with E-state index in [9.17, 15) is 14.4 Å². The number of hydrogen-bond donors (Lipinski definition) is 0. The Morgan fingerprint density at radius 3 is 1.03 bits per heavy atom. The number of esters is 3. The van der Waals surface area contributed by atoms with Crippen LogP contribution in [-0.4, -0.2) is 86.4 Å². The van der Waals surface area contributed by atoms with Crippen molar-refractivity contribution in [1.29, 1.82) is 0 Å². The van der Waals surface area contributed by atoms with Crippen LogP contribution < -0.4 is 0 Å². The van der Waals surface area contributed by atoms with Gasteiger partial charge in [0.05, 0.1) is 25.2 Å². The molecule has 0 rings (SSSR count). The van der Waals surface area contributed by atoms with Crippen molar-refractivity contribution in [1.82, 2.24) is 0 Å². The maximum absolute atomic E-state index is 12.6. The van der Waals surface area contributed by atoms with Crippen LogP contribution in [0.15, 0.2) is 0 Å². The molecule has 15 heteroatoms. The number of hydrogen-bond acceptors (Lipinski definition) is 15. The average molecular weight is 649 g/mol. The minimum Gasteiger partial charge on any atom is -0.479 e. The van der Waals surface area contributed by atoms with E-state index in [0.29, 0.717) is 19.8 Å². The lowest BCUT2D eigenvalue weighted by atomic mass is 9.94. The smallest absolute Gasteiger partial charge is 0.319 e. The molecule has 3 atom stereocenters. The van der Waals surface area contributed by atoms with Crippen LogP contribution in [0.2, 0.25) is 0 Å². The SMILES string of the molecule is CCOC(=S)SC(C)C(=O)OCC(C)(COC(=O)C(C)SC(=S)OCC)COC(=O)C(C)SC(=S)OCC. The molecule has 0 aromatic carbocycles. The van der Waals surface area contributed by atoms with Crippen LogP contribution in [0, 0.1) is 5.41 Å². The van der Waals surface area contributed by atoms with E-state index >= 15 is 0 Å². The van der Waals surface area contributed by atoms with Crippen molar-refractivity contribution in [2.45, 2.75) is 64.2 Å². The minimum atomic E-state index is -1.04. The predicted octanol–water partition coefficient (Wildman–Crippen LogP) is 4.95. The summed E-state index contributed by atoms with van der Waals surface area (Å²) >= 11 is 18.4. The van der Waals surface area contributed by atoms with Gasteiger partial charge in [-0.3, -0.25) is 14.4 Å². The molecular weight excluding hydrogens is 613 g/mol. The third-order valence-corrected chi connectivity index (χ3v) is 8.08. The van der Waals surface area contributed by atoms with Crippen molar-refractivity contribution in [2.75, 3.05) is 39.6 Å². The van der Waals surface area contributed by atoms with Gasteiger partial charge in [-0.05, 0) is 85.1 Å². The lowest BCUT2D eigenvalue weighted by molar-refractivity contribution is -0.159. The molecule has 0 bridgehead atoms. The van der Waals surface area contributed by atoms with Gasteiger partial charge >= 0.3 is 17.9 Å². The predicted molar refractivity (Wildman–Crippen MR) is 165 cm³/mol. The zero-order chi connectivity index (χ0) is 29.3. The molecule has 0 radical (unpaired) electrons. The lowest BCUT2D eigenvalue weighted by Crippen LogP contribution is -2.39. The van der Waals surface area contributed by atoms with Crippen molar-refractivity contribution >= 4 is 103 Å². The maximum Gasteiger partial charge on any atom is 0.319 e. The van der Waals surface area contributed by atoms with Gasteiger partial charge in [0.1, 0.15) is 35.6 Å². The molecular formula is C23H36O9S6. The Balaban J connectivity index is 5.28. The normalized spacial score (nSPS) is 14.6. The number of ether oxygens (including phenoxy) is 6. The highest BCUT2D eigenvalue weighted by atomic mass is 32.2. The standard InChI is InChI=1S/C23H36O9S6/c1-8-27-20(33)36-14(4)17(24)30-11-23(7,12-31-18(25)15(5)37-21(34)28-9-2)13-32-19(26)16(6)38-22(35)29-10-3/h14-16H,8-13H2,1-7H3. The van der Waals surface area contributed by atoms with Crippen LogP contribution in [0.1, 0.15) is 48.5 Å². The molecule has 0 spiro atoms. The highest BCUT2D eigenvalue weighted by Gasteiger charge is 2.34. The number of carbonyl (C=O) groups excluding carboxylic acids is 3. The molecule has 0 heterocycles. The zero-order valence-electron chi connectivity index (χ0n) is 22.6. The van der Waals surface area contributed by atoms with Crippen LogP contribution in [0.25, 0.3) is 0 Å². The van der Waals surface area contributed by atoms with E-state index in [1.165, 1.54) is 0 Å². The molecule has 0 aliphatic carbocycles. The highest BCUT2D eigenvalue weighted by Crippen LogP contribution is 2.24. The molecule has 0 fully saturated rings. The Morgan fingerprint density at radius 2 is 0.816 bits per heavy atom. The van der Waals surface area contributed by atoms with Gasteiger partial charge in [0.15, 0.2) is 0 Å². The van der Waals surface area contributed by atoms with Gasteiger partial charge < -0.3 is 28.4 Å². The van der Waals surface area contributed by atoms with Crippen molar-refractivity contribution < 1.29 is 42.8 Å². The van der Waals surface area contributed by atoms with Gasteiger partial charge in [0.25, 0.3) is 0 Å². The first-order valence-electron chi connectivity index (χ1n) is 11.8. The van der Waals surface area contributed by atoms with Crippen LogP contribution in [0.4, 0.5) is 0 Å². The van der Waals surface area contributed by atoms with E-state index in [1.807, 2.05) is 0 Å². The molecule has 38 heavy (non-hydrogen) atoms. The summed E-state index contributed by atoms with van der Waals surface area (Å²) < 4.78 is 32.7. The zero-order valence-corrected chi connectivity index (χ0v) is 27.5. The molecule has 0 N–H and O–H groups in total. The molecule has 9 nitrogen and oxygen atoms in total. The number of rotatable bonds is 15. The average Bonchev–Trinajstić information content (AvgIpc) is 2.84. The first-order chi connectivity index (χ1) is 17.8. The minimum absolute atomic E-state index is 0.184. The fraction of sp³-hybridized carbons (Fsp3) is 0.739. The van der Waals surface area contributed by atoms with Crippen molar-refractivity contribution in [2.24, 2.45) is 5.41 Å². The van der Waals surface area contributed by atoms with E-state index in [-0.39, 0.29) is 33.0 Å². The number of thioether (sulfide) groups is 3. The third kappa shape index (κ3) is 16.3. The third-order valence-electron chi connectivity index (χ3n) is 4.29. The monoisotopic (exact) mass is 648 g/mol. The van der Waals surface area contributed by atoms with Gasteiger partial charge in [-0.15, -0.1) is 0 Å². The van der Waals surface area contributed by atoms with Crippen molar-refractivity contribution in [3.63, 3.8) is 0 Å². The first kappa shape index (κ1) is 37.1. The quantitative estimate of drug-likeness (QED) is 0.136. The summed E-state index contributed by atoms with van der Waals surface area (Å²) in [5.41, 5.74) is -1.04. The maximum atomic E-state index is 12.6. The second kappa shape index (κ2) is 20.1. The molecule has 0 aliphatic heterocycles. The van der Waals surface area contributed by atoms with E-state index in [1.54, 1.807) is 48.5 Å². The Labute approximate surface area is 253 Å². The van der Waals surface area contributed by atoms with Crippen molar-refractivity contribution in [3.8, 4) is 0 Å². The molecule has 0 amide bonds. The summed E-state index contributed by atoms with van der Waals surface area (Å²) in [6.45, 7) is 12.6. The summed E-state index contributed by atoms with van der Waals surface area (Å²) in [5, 5.41) is -1.89. The molecule has 0 saturated heterocycles. The lowest BCUT2D eigenvalue weighted by Gasteiger charge is -2.29. The fourth-order valence-corrected chi connectivity index (χ4v) is 5.82. The molecule has 218 valence electrons. The van der Waals surface area contributed by atoms with Crippen LogP contribution >= 0.6 is 71.9 Å². The summed E-state index contributed by atoms with van der Waals surface area (Å²) in [4.78, 5) is 37.7. The Hall–Kier alpha value is -0.870. The highest BCUT2D eigenvalue weighted by molar-refractivity contribution is 8.24. The molecule has 3 unspecified atom stereocenters. The number of carbonyl (C=O) groups is 3. The van der Waals surface area contributed by atoms with Crippen LogP contribution in [-0.2, 0) is 42.8 Å². The molecule has 0 aromatic heterocycles. The largest absolute Gasteiger partial charge is 0.479 e. The number of thiocarbonyl (C=S) groups is 3. The van der Waals surface area contributed by atoms with Gasteiger partial charge in [-0.1, -0.05) is 35.3 Å². The van der Waals surface area contributed by atoms with Gasteiger partial charge in [0.2, 0.25) is 13.1 Å². The van der Waals surface area contributed by atoms with E-state index < -0.39 is 39.1 Å². The van der Waals surface area contributed by atoms with E-state index in [2.05, 4.69) is 0 Å². The van der Waals surface area contributed by atoms with Crippen LogP contribution in [0.5, 0.6) is 0 Å². The van der Waals surface area contributed by atoms with E-state index in [0.717, 1.165) is 35.3 Å². The Bertz CT molecular complexity index is 721. The summed E-state index contributed by atoms with van der Waals surface area (Å²) in [6, 6.07) is 0.